The van der Waals surface area contributed by atoms with Gasteiger partial charge in [0, 0.05) is 5.56 Å². The molecule has 0 saturated heterocycles. The molecule has 2 aromatic rings. The number of rotatable bonds is 3. The van der Waals surface area contributed by atoms with Crippen LogP contribution in [0.15, 0.2) is 42.5 Å². The molecule has 2 nitrogen and oxygen atoms in total. The molecule has 0 amide bonds. The predicted molar refractivity (Wildman–Crippen MR) is 99.9 cm³/mol. The van der Waals surface area contributed by atoms with Crippen LogP contribution in [0, 0.1) is 0 Å². The summed E-state index contributed by atoms with van der Waals surface area (Å²) in [5, 5.41) is 10.9. The van der Waals surface area contributed by atoms with E-state index in [4.69, 9.17) is 0 Å². The molecule has 2 heteroatoms. The highest BCUT2D eigenvalue weighted by atomic mass is 16.3. The number of hydrogen-bond donors (Lipinski definition) is 1. The van der Waals surface area contributed by atoms with E-state index in [9.17, 15) is 9.90 Å². The smallest absolute Gasteiger partial charge is 0.131 e. The van der Waals surface area contributed by atoms with Crippen molar-refractivity contribution >= 4 is 6.29 Å². The van der Waals surface area contributed by atoms with Crippen molar-refractivity contribution < 1.29 is 9.90 Å². The summed E-state index contributed by atoms with van der Waals surface area (Å²) in [6.07, 6.45) is 0.920. The molecule has 1 unspecified atom stereocenters. The third-order valence-electron chi connectivity index (χ3n) is 4.44. The molecular weight excluding hydrogens is 296 g/mol. The Hall–Kier alpha value is -2.09. The predicted octanol–water partition coefficient (Wildman–Crippen LogP) is 5.32. The molecule has 2 rings (SSSR count). The summed E-state index contributed by atoms with van der Waals surface area (Å²) in [6, 6.07) is 13.7. The first-order valence-corrected chi connectivity index (χ1v) is 8.44. The maximum absolute atomic E-state index is 11.9. The first kappa shape index (κ1) is 18.3. The fraction of sp³-hybridized carbons (Fsp3) is 0.409. The zero-order valence-electron chi connectivity index (χ0n) is 15.6. The quantitative estimate of drug-likeness (QED) is 0.776. The van der Waals surface area contributed by atoms with Crippen molar-refractivity contribution in [1.29, 1.82) is 0 Å². The van der Waals surface area contributed by atoms with Gasteiger partial charge in [0.15, 0.2) is 0 Å². The van der Waals surface area contributed by atoms with Gasteiger partial charge in [0.25, 0.3) is 0 Å². The number of phenols is 1. The third kappa shape index (κ3) is 3.69. The second-order valence-corrected chi connectivity index (χ2v) is 8.49. The molecule has 0 bridgehead atoms. The molecular formula is C22H28O2. The molecule has 0 saturated carbocycles. The minimum absolute atomic E-state index is 0.0629. The van der Waals surface area contributed by atoms with E-state index in [0.29, 0.717) is 5.56 Å². The van der Waals surface area contributed by atoms with Gasteiger partial charge in [0.2, 0.25) is 0 Å². The summed E-state index contributed by atoms with van der Waals surface area (Å²) in [6.45, 7) is 12.7. The van der Waals surface area contributed by atoms with Crippen molar-refractivity contribution in [2.75, 3.05) is 0 Å². The average Bonchev–Trinajstić information content (AvgIpc) is 2.48. The minimum Gasteiger partial charge on any atom is -0.507 e. The van der Waals surface area contributed by atoms with Gasteiger partial charge in [-0.1, -0.05) is 84.0 Å². The van der Waals surface area contributed by atoms with Crippen LogP contribution in [-0.2, 0) is 15.6 Å². The largest absolute Gasteiger partial charge is 0.507 e. The van der Waals surface area contributed by atoms with Gasteiger partial charge in [-0.05, 0) is 27.5 Å². The van der Waals surface area contributed by atoms with Gasteiger partial charge in [0.05, 0.1) is 5.92 Å². The first-order valence-electron chi connectivity index (χ1n) is 8.44. The lowest BCUT2D eigenvalue weighted by Gasteiger charge is -2.28. The lowest BCUT2D eigenvalue weighted by atomic mass is 9.76. The fourth-order valence-electron chi connectivity index (χ4n) is 2.89. The Bertz CT molecular complexity index is 716. The molecule has 0 aliphatic rings. The van der Waals surface area contributed by atoms with E-state index in [2.05, 4.69) is 47.6 Å². The molecule has 0 fully saturated rings. The van der Waals surface area contributed by atoms with E-state index in [1.807, 2.05) is 36.4 Å². The topological polar surface area (TPSA) is 37.3 Å². The molecule has 1 atom stereocenters. The van der Waals surface area contributed by atoms with Crippen LogP contribution < -0.4 is 0 Å². The van der Waals surface area contributed by atoms with Crippen molar-refractivity contribution in [2.24, 2.45) is 0 Å². The van der Waals surface area contributed by atoms with E-state index < -0.39 is 5.92 Å². The number of carbonyl (C=O) groups is 1. The molecule has 2 aromatic carbocycles. The van der Waals surface area contributed by atoms with Gasteiger partial charge in [-0.25, -0.2) is 0 Å². The molecule has 1 N–H and O–H groups in total. The minimum atomic E-state index is -0.463. The van der Waals surface area contributed by atoms with Crippen molar-refractivity contribution in [3.05, 3.63) is 64.7 Å². The average molecular weight is 324 g/mol. The van der Waals surface area contributed by atoms with Crippen molar-refractivity contribution in [3.8, 4) is 5.75 Å². The van der Waals surface area contributed by atoms with Crippen molar-refractivity contribution in [3.63, 3.8) is 0 Å². The van der Waals surface area contributed by atoms with Crippen LogP contribution in [0.4, 0.5) is 0 Å². The normalized spacial score (nSPS) is 13.6. The maximum Gasteiger partial charge on any atom is 0.131 e. The van der Waals surface area contributed by atoms with Crippen molar-refractivity contribution in [2.45, 2.75) is 58.3 Å². The second-order valence-electron chi connectivity index (χ2n) is 8.49. The van der Waals surface area contributed by atoms with E-state index in [1.165, 1.54) is 0 Å². The lowest BCUT2D eigenvalue weighted by molar-refractivity contribution is -0.108. The van der Waals surface area contributed by atoms with Crippen LogP contribution in [0.5, 0.6) is 5.75 Å². The van der Waals surface area contributed by atoms with E-state index >= 15 is 0 Å². The fourth-order valence-corrected chi connectivity index (χ4v) is 2.89. The van der Waals surface area contributed by atoms with Gasteiger partial charge in [-0.3, -0.25) is 0 Å². The first-order chi connectivity index (χ1) is 11.1. The molecule has 0 aliphatic heterocycles. The van der Waals surface area contributed by atoms with E-state index in [1.54, 1.807) is 0 Å². The summed E-state index contributed by atoms with van der Waals surface area (Å²) >= 11 is 0. The lowest BCUT2D eigenvalue weighted by Crippen LogP contribution is -2.18. The zero-order chi connectivity index (χ0) is 18.1. The monoisotopic (exact) mass is 324 g/mol. The van der Waals surface area contributed by atoms with Crippen molar-refractivity contribution in [1.82, 2.24) is 0 Å². The van der Waals surface area contributed by atoms with Crippen LogP contribution in [-0.4, -0.2) is 11.4 Å². The Kier molecular flexibility index (Phi) is 4.89. The zero-order valence-corrected chi connectivity index (χ0v) is 15.6. The molecule has 0 spiro atoms. The summed E-state index contributed by atoms with van der Waals surface area (Å²) in [5.41, 5.74) is 3.33. The maximum atomic E-state index is 11.9. The van der Waals surface area contributed by atoms with Crippen LogP contribution in [0.3, 0.4) is 0 Å². The van der Waals surface area contributed by atoms with E-state index in [-0.39, 0.29) is 16.6 Å². The van der Waals surface area contributed by atoms with Gasteiger partial charge < -0.3 is 9.90 Å². The Balaban J connectivity index is 2.74. The molecule has 128 valence electrons. The van der Waals surface area contributed by atoms with Crippen LogP contribution in [0.1, 0.15) is 69.7 Å². The molecule has 0 aromatic heterocycles. The number of aldehydes is 1. The third-order valence-corrected chi connectivity index (χ3v) is 4.44. The van der Waals surface area contributed by atoms with Crippen LogP contribution in [0.2, 0.25) is 0 Å². The Morgan fingerprint density at radius 1 is 0.917 bits per heavy atom. The summed E-state index contributed by atoms with van der Waals surface area (Å²) in [4.78, 5) is 11.9. The van der Waals surface area contributed by atoms with Gasteiger partial charge in [0.1, 0.15) is 12.0 Å². The summed E-state index contributed by atoms with van der Waals surface area (Å²) < 4.78 is 0. The Morgan fingerprint density at radius 3 is 1.96 bits per heavy atom. The van der Waals surface area contributed by atoms with Crippen LogP contribution >= 0.6 is 0 Å². The number of phenolic OH excluding ortho intramolecular Hbond substituents is 1. The highest BCUT2D eigenvalue weighted by Crippen LogP contribution is 2.41. The molecule has 0 aliphatic carbocycles. The number of benzene rings is 2. The SMILES string of the molecule is CC(C)(C)c1cc(C(C=O)c2ccccc2)c(O)c(C(C)(C)C)c1. The molecule has 0 radical (unpaired) electrons. The van der Waals surface area contributed by atoms with Gasteiger partial charge >= 0.3 is 0 Å². The highest BCUT2D eigenvalue weighted by Gasteiger charge is 2.28. The molecule has 24 heavy (non-hydrogen) atoms. The number of hydrogen-bond acceptors (Lipinski definition) is 2. The van der Waals surface area contributed by atoms with Gasteiger partial charge in [-0.15, -0.1) is 0 Å². The summed E-state index contributed by atoms with van der Waals surface area (Å²) in [5.74, 6) is -0.231. The summed E-state index contributed by atoms with van der Waals surface area (Å²) in [7, 11) is 0. The number of carbonyl (C=O) groups excluding carboxylic acids is 1. The molecule has 0 heterocycles. The Morgan fingerprint density at radius 2 is 1.50 bits per heavy atom. The second kappa shape index (κ2) is 6.43. The van der Waals surface area contributed by atoms with E-state index in [0.717, 1.165) is 23.0 Å². The standard InChI is InChI=1S/C22H28O2/c1-21(2,3)16-12-17(20(24)19(13-16)22(4,5)6)18(14-23)15-10-8-7-9-11-15/h7-14,18,24H,1-6H3. The number of aromatic hydroxyl groups is 1. The van der Waals surface area contributed by atoms with Gasteiger partial charge in [-0.2, -0.15) is 0 Å². The van der Waals surface area contributed by atoms with Crippen LogP contribution in [0.25, 0.3) is 0 Å². The highest BCUT2D eigenvalue weighted by molar-refractivity contribution is 5.71. The Labute approximate surface area is 145 Å².